The zero-order valence-electron chi connectivity index (χ0n) is 12.1. The molecule has 0 spiro atoms. The van der Waals surface area contributed by atoms with Crippen molar-refractivity contribution in [1.29, 1.82) is 5.26 Å². The number of thiophene rings is 1. The summed E-state index contributed by atoms with van der Waals surface area (Å²) in [5.41, 5.74) is 2.11. The first-order valence-corrected chi connectivity index (χ1v) is 8.09. The topological polar surface area (TPSA) is 36.3 Å². The Balaban J connectivity index is 1.55. The van der Waals surface area contributed by atoms with Crippen LogP contribution in [-0.2, 0) is 6.42 Å². The summed E-state index contributed by atoms with van der Waals surface area (Å²) in [5.74, 6) is 0.773. The first-order valence-electron chi connectivity index (χ1n) is 7.21. The third kappa shape index (κ3) is 3.10. The van der Waals surface area contributed by atoms with Gasteiger partial charge in [0.2, 0.25) is 0 Å². The fourth-order valence-electron chi connectivity index (χ4n) is 2.80. The minimum atomic E-state index is 0.467. The molecule has 3 nitrogen and oxygen atoms in total. The third-order valence-corrected chi connectivity index (χ3v) is 5.01. The molecule has 1 aromatic carbocycles. The van der Waals surface area contributed by atoms with Crippen molar-refractivity contribution in [2.24, 2.45) is 0 Å². The Labute approximate surface area is 129 Å². The summed E-state index contributed by atoms with van der Waals surface area (Å²) >= 11 is 1.87. The molecule has 0 radical (unpaired) electrons. The number of fused-ring (bicyclic) bond motifs is 1. The summed E-state index contributed by atoms with van der Waals surface area (Å²) in [4.78, 5) is 3.99. The largest absolute Gasteiger partial charge is 0.492 e. The zero-order valence-corrected chi connectivity index (χ0v) is 12.9. The van der Waals surface area contributed by atoms with Crippen LogP contribution in [-0.4, -0.2) is 24.6 Å². The van der Waals surface area contributed by atoms with Gasteiger partial charge in [-0.3, -0.25) is 4.90 Å². The molecule has 3 rings (SSSR count). The highest BCUT2D eigenvalue weighted by Gasteiger charge is 2.24. The molecule has 4 heteroatoms. The standard InChI is InChI=1S/C17H18N2OS/c1-13-16-6-10-21-17(16)5-7-19(13)8-9-20-15-4-2-3-14(11-15)12-18/h2-4,6,10-11,13H,5,7-9H2,1H3. The van der Waals surface area contributed by atoms with Crippen molar-refractivity contribution in [1.82, 2.24) is 4.90 Å². The Morgan fingerprint density at radius 3 is 3.19 bits per heavy atom. The van der Waals surface area contributed by atoms with Gasteiger partial charge in [-0.25, -0.2) is 0 Å². The van der Waals surface area contributed by atoms with Gasteiger partial charge in [-0.05, 0) is 48.6 Å². The second-order valence-electron chi connectivity index (χ2n) is 5.25. The van der Waals surface area contributed by atoms with Crippen LogP contribution in [0.15, 0.2) is 35.7 Å². The number of benzene rings is 1. The lowest BCUT2D eigenvalue weighted by Gasteiger charge is -2.33. The molecule has 21 heavy (non-hydrogen) atoms. The quantitative estimate of drug-likeness (QED) is 0.865. The van der Waals surface area contributed by atoms with E-state index in [0.717, 1.165) is 25.3 Å². The van der Waals surface area contributed by atoms with Crippen LogP contribution in [0.3, 0.4) is 0 Å². The predicted molar refractivity (Wildman–Crippen MR) is 84.7 cm³/mol. The fourth-order valence-corrected chi connectivity index (χ4v) is 3.77. The van der Waals surface area contributed by atoms with Gasteiger partial charge in [0.25, 0.3) is 0 Å². The van der Waals surface area contributed by atoms with Crippen LogP contribution in [0, 0.1) is 11.3 Å². The molecule has 0 fully saturated rings. The maximum absolute atomic E-state index is 8.89. The van der Waals surface area contributed by atoms with Gasteiger partial charge in [0.05, 0.1) is 11.6 Å². The van der Waals surface area contributed by atoms with E-state index in [4.69, 9.17) is 10.00 Å². The van der Waals surface area contributed by atoms with Crippen molar-refractivity contribution >= 4 is 11.3 Å². The monoisotopic (exact) mass is 298 g/mol. The van der Waals surface area contributed by atoms with Crippen LogP contribution in [0.4, 0.5) is 0 Å². The summed E-state index contributed by atoms with van der Waals surface area (Å²) in [5, 5.41) is 11.1. The molecule has 108 valence electrons. The number of rotatable bonds is 4. The summed E-state index contributed by atoms with van der Waals surface area (Å²) in [7, 11) is 0. The van der Waals surface area contributed by atoms with Gasteiger partial charge in [-0.15, -0.1) is 11.3 Å². The Bertz CT molecular complexity index is 659. The van der Waals surface area contributed by atoms with E-state index in [1.54, 1.807) is 12.1 Å². The lowest BCUT2D eigenvalue weighted by Crippen LogP contribution is -2.36. The SMILES string of the molecule is CC1c2ccsc2CCN1CCOc1cccc(C#N)c1. The van der Waals surface area contributed by atoms with Gasteiger partial charge >= 0.3 is 0 Å². The van der Waals surface area contributed by atoms with Crippen LogP contribution in [0.25, 0.3) is 0 Å². The molecule has 0 saturated heterocycles. The minimum Gasteiger partial charge on any atom is -0.492 e. The van der Waals surface area contributed by atoms with E-state index in [1.807, 2.05) is 23.5 Å². The van der Waals surface area contributed by atoms with Gasteiger partial charge in [0, 0.05) is 24.0 Å². The summed E-state index contributed by atoms with van der Waals surface area (Å²) in [6.45, 7) is 4.92. The van der Waals surface area contributed by atoms with Gasteiger partial charge < -0.3 is 4.74 Å². The van der Waals surface area contributed by atoms with Crippen LogP contribution in [0.1, 0.15) is 29.0 Å². The van der Waals surface area contributed by atoms with E-state index in [9.17, 15) is 0 Å². The predicted octanol–water partition coefficient (Wildman–Crippen LogP) is 3.62. The molecule has 2 heterocycles. The highest BCUT2D eigenvalue weighted by atomic mass is 32.1. The van der Waals surface area contributed by atoms with E-state index >= 15 is 0 Å². The normalized spacial score (nSPS) is 18.0. The third-order valence-electron chi connectivity index (χ3n) is 4.01. The highest BCUT2D eigenvalue weighted by Crippen LogP contribution is 2.32. The fraction of sp³-hybridized carbons (Fsp3) is 0.353. The van der Waals surface area contributed by atoms with Crippen molar-refractivity contribution in [3.63, 3.8) is 0 Å². The summed E-state index contributed by atoms with van der Waals surface area (Å²) in [6, 6.07) is 12.2. The number of nitrogens with zero attached hydrogens (tertiary/aromatic N) is 2. The van der Waals surface area contributed by atoms with Crippen molar-refractivity contribution in [3.8, 4) is 11.8 Å². The minimum absolute atomic E-state index is 0.467. The number of ether oxygens (including phenoxy) is 1. The maximum Gasteiger partial charge on any atom is 0.120 e. The van der Waals surface area contributed by atoms with E-state index in [-0.39, 0.29) is 0 Å². The molecule has 0 saturated carbocycles. The Hall–Kier alpha value is -1.83. The van der Waals surface area contributed by atoms with Gasteiger partial charge in [0.15, 0.2) is 0 Å². The second kappa shape index (κ2) is 6.30. The first-order chi connectivity index (χ1) is 10.3. The van der Waals surface area contributed by atoms with E-state index < -0.39 is 0 Å². The molecule has 1 aliphatic heterocycles. The molecular weight excluding hydrogens is 280 g/mol. The van der Waals surface area contributed by atoms with E-state index in [2.05, 4.69) is 29.3 Å². The maximum atomic E-state index is 8.89. The molecule has 0 N–H and O–H groups in total. The molecule has 1 atom stereocenters. The Kier molecular flexibility index (Phi) is 4.23. The highest BCUT2D eigenvalue weighted by molar-refractivity contribution is 7.10. The Morgan fingerprint density at radius 2 is 2.33 bits per heavy atom. The molecule has 0 bridgehead atoms. The van der Waals surface area contributed by atoms with Crippen LogP contribution in [0.2, 0.25) is 0 Å². The Morgan fingerprint density at radius 1 is 1.43 bits per heavy atom. The molecule has 0 aliphatic carbocycles. The van der Waals surface area contributed by atoms with Gasteiger partial charge in [-0.2, -0.15) is 5.26 Å². The second-order valence-corrected chi connectivity index (χ2v) is 6.25. The number of nitriles is 1. The van der Waals surface area contributed by atoms with E-state index in [0.29, 0.717) is 18.2 Å². The molecule has 1 unspecified atom stereocenters. The van der Waals surface area contributed by atoms with Crippen molar-refractivity contribution in [2.45, 2.75) is 19.4 Å². The van der Waals surface area contributed by atoms with Gasteiger partial charge in [0.1, 0.15) is 12.4 Å². The average molecular weight is 298 g/mol. The van der Waals surface area contributed by atoms with Crippen molar-refractivity contribution in [3.05, 3.63) is 51.7 Å². The zero-order chi connectivity index (χ0) is 14.7. The first kappa shape index (κ1) is 14.1. The number of hydrogen-bond acceptors (Lipinski definition) is 4. The van der Waals surface area contributed by atoms with Crippen LogP contribution < -0.4 is 4.74 Å². The smallest absolute Gasteiger partial charge is 0.120 e. The molecule has 1 aromatic heterocycles. The van der Waals surface area contributed by atoms with Crippen LogP contribution >= 0.6 is 11.3 Å². The molecular formula is C17H18N2OS. The molecule has 1 aliphatic rings. The van der Waals surface area contributed by atoms with E-state index in [1.165, 1.54) is 10.4 Å². The number of hydrogen-bond donors (Lipinski definition) is 0. The van der Waals surface area contributed by atoms with Crippen molar-refractivity contribution < 1.29 is 4.74 Å². The van der Waals surface area contributed by atoms with Crippen molar-refractivity contribution in [2.75, 3.05) is 19.7 Å². The average Bonchev–Trinajstić information content (AvgIpc) is 2.99. The summed E-state index contributed by atoms with van der Waals surface area (Å²) in [6.07, 6.45) is 1.14. The molecule has 0 amide bonds. The lowest BCUT2D eigenvalue weighted by molar-refractivity contribution is 0.161. The molecule has 2 aromatic rings. The van der Waals surface area contributed by atoms with Crippen LogP contribution in [0.5, 0.6) is 5.75 Å². The van der Waals surface area contributed by atoms with Gasteiger partial charge in [-0.1, -0.05) is 6.07 Å². The lowest BCUT2D eigenvalue weighted by atomic mass is 10.0. The summed E-state index contributed by atoms with van der Waals surface area (Å²) < 4.78 is 5.78.